The Balaban J connectivity index is 2.60. The monoisotopic (exact) mass is 246 g/mol. The van der Waals surface area contributed by atoms with Gasteiger partial charge in [-0.25, -0.2) is 0 Å². The number of hydrogen-bond acceptors (Lipinski definition) is 1. The SMILES string of the molecule is CCCCc1ccc(C(O)CC(F)(F)F)cc1. The van der Waals surface area contributed by atoms with Crippen molar-refractivity contribution in [1.29, 1.82) is 0 Å². The van der Waals surface area contributed by atoms with Gasteiger partial charge in [-0.2, -0.15) is 13.2 Å². The molecule has 0 aliphatic rings. The average Bonchev–Trinajstić information content (AvgIpc) is 2.24. The van der Waals surface area contributed by atoms with E-state index in [9.17, 15) is 18.3 Å². The summed E-state index contributed by atoms with van der Waals surface area (Å²) in [4.78, 5) is 0. The minimum Gasteiger partial charge on any atom is -0.388 e. The standard InChI is InChI=1S/C13H17F3O/c1-2-3-4-10-5-7-11(8-6-10)12(17)9-13(14,15)16/h5-8,12,17H,2-4,9H2,1H3. The fourth-order valence-electron chi connectivity index (χ4n) is 1.62. The second kappa shape index (κ2) is 6.05. The van der Waals surface area contributed by atoms with Crippen LogP contribution in [0.25, 0.3) is 0 Å². The van der Waals surface area contributed by atoms with E-state index >= 15 is 0 Å². The molecule has 0 fully saturated rings. The van der Waals surface area contributed by atoms with Gasteiger partial charge >= 0.3 is 6.18 Å². The van der Waals surface area contributed by atoms with Crippen LogP contribution < -0.4 is 0 Å². The molecule has 1 rings (SSSR count). The Morgan fingerprint density at radius 2 is 1.76 bits per heavy atom. The highest BCUT2D eigenvalue weighted by Gasteiger charge is 2.31. The Morgan fingerprint density at radius 3 is 2.24 bits per heavy atom. The molecule has 0 aliphatic heterocycles. The number of rotatable bonds is 5. The highest BCUT2D eigenvalue weighted by atomic mass is 19.4. The predicted molar refractivity (Wildman–Crippen MR) is 60.7 cm³/mol. The minimum atomic E-state index is -4.33. The first-order valence-corrected chi connectivity index (χ1v) is 5.76. The molecule has 96 valence electrons. The molecule has 1 aromatic carbocycles. The van der Waals surface area contributed by atoms with E-state index in [2.05, 4.69) is 6.92 Å². The molecule has 1 atom stereocenters. The first-order valence-electron chi connectivity index (χ1n) is 5.76. The molecule has 0 bridgehead atoms. The van der Waals surface area contributed by atoms with Crippen molar-refractivity contribution in [1.82, 2.24) is 0 Å². The van der Waals surface area contributed by atoms with Gasteiger partial charge in [-0.05, 0) is 24.0 Å². The molecule has 17 heavy (non-hydrogen) atoms. The maximum absolute atomic E-state index is 12.1. The number of aliphatic hydroxyl groups excluding tert-OH is 1. The summed E-state index contributed by atoms with van der Waals surface area (Å²) < 4.78 is 36.2. The summed E-state index contributed by atoms with van der Waals surface area (Å²) in [5.41, 5.74) is 1.41. The summed E-state index contributed by atoms with van der Waals surface area (Å²) in [6.45, 7) is 2.08. The van der Waals surface area contributed by atoms with Gasteiger partial charge in [0.1, 0.15) is 0 Å². The number of aliphatic hydroxyl groups is 1. The molecule has 1 nitrogen and oxygen atoms in total. The predicted octanol–water partition coefficient (Wildman–Crippen LogP) is 4.02. The summed E-state index contributed by atoms with van der Waals surface area (Å²) >= 11 is 0. The molecule has 0 aromatic heterocycles. The van der Waals surface area contributed by atoms with E-state index in [-0.39, 0.29) is 0 Å². The first-order chi connectivity index (χ1) is 7.92. The minimum absolute atomic E-state index is 0.322. The van der Waals surface area contributed by atoms with Crippen molar-refractivity contribution in [3.05, 3.63) is 35.4 Å². The van der Waals surface area contributed by atoms with Crippen molar-refractivity contribution in [2.45, 2.75) is 44.9 Å². The lowest BCUT2D eigenvalue weighted by Gasteiger charge is -2.13. The highest BCUT2D eigenvalue weighted by Crippen LogP contribution is 2.29. The Morgan fingerprint density at radius 1 is 1.18 bits per heavy atom. The van der Waals surface area contributed by atoms with Crippen LogP contribution in [0.3, 0.4) is 0 Å². The molecule has 0 saturated carbocycles. The highest BCUT2D eigenvalue weighted by molar-refractivity contribution is 5.24. The summed E-state index contributed by atoms with van der Waals surface area (Å²) in [5.74, 6) is 0. The molecule has 4 heteroatoms. The molecule has 0 heterocycles. The second-order valence-corrected chi connectivity index (χ2v) is 4.18. The van der Waals surface area contributed by atoms with Crippen molar-refractivity contribution >= 4 is 0 Å². The van der Waals surface area contributed by atoms with Crippen LogP contribution >= 0.6 is 0 Å². The summed E-state index contributed by atoms with van der Waals surface area (Å²) in [7, 11) is 0. The van der Waals surface area contributed by atoms with Gasteiger partial charge in [0.05, 0.1) is 12.5 Å². The molecule has 0 spiro atoms. The zero-order valence-electron chi connectivity index (χ0n) is 9.80. The van der Waals surface area contributed by atoms with Gasteiger partial charge in [0, 0.05) is 0 Å². The summed E-state index contributed by atoms with van der Waals surface area (Å²) in [6, 6.07) is 6.71. The number of unbranched alkanes of at least 4 members (excludes halogenated alkanes) is 1. The Hall–Kier alpha value is -1.03. The largest absolute Gasteiger partial charge is 0.391 e. The normalized spacial score (nSPS) is 13.7. The van der Waals surface area contributed by atoms with Gasteiger partial charge in [-0.15, -0.1) is 0 Å². The molecule has 0 aliphatic carbocycles. The van der Waals surface area contributed by atoms with Crippen LogP contribution in [0.15, 0.2) is 24.3 Å². The number of hydrogen-bond donors (Lipinski definition) is 1. The zero-order valence-corrected chi connectivity index (χ0v) is 9.80. The third-order valence-electron chi connectivity index (χ3n) is 2.61. The van der Waals surface area contributed by atoms with E-state index < -0.39 is 18.7 Å². The number of alkyl halides is 3. The van der Waals surface area contributed by atoms with Crippen LogP contribution in [-0.4, -0.2) is 11.3 Å². The van der Waals surface area contributed by atoms with Crippen molar-refractivity contribution in [3.8, 4) is 0 Å². The lowest BCUT2D eigenvalue weighted by molar-refractivity contribution is -0.154. The van der Waals surface area contributed by atoms with E-state index in [1.54, 1.807) is 24.3 Å². The van der Waals surface area contributed by atoms with E-state index in [1.165, 1.54) is 0 Å². The van der Waals surface area contributed by atoms with Gasteiger partial charge in [0.2, 0.25) is 0 Å². The van der Waals surface area contributed by atoms with Crippen molar-refractivity contribution in [3.63, 3.8) is 0 Å². The molecule has 0 amide bonds. The van der Waals surface area contributed by atoms with Gasteiger partial charge in [-0.3, -0.25) is 0 Å². The molecule has 1 unspecified atom stereocenters. The number of halogens is 3. The summed E-state index contributed by atoms with van der Waals surface area (Å²) in [5, 5.41) is 9.40. The van der Waals surface area contributed by atoms with Crippen LogP contribution in [0.5, 0.6) is 0 Å². The number of benzene rings is 1. The van der Waals surface area contributed by atoms with E-state index in [0.717, 1.165) is 24.8 Å². The van der Waals surface area contributed by atoms with Crippen LogP contribution in [0, 0.1) is 0 Å². The van der Waals surface area contributed by atoms with Gasteiger partial charge in [0.25, 0.3) is 0 Å². The Kier molecular flexibility index (Phi) is 5.00. The van der Waals surface area contributed by atoms with Gasteiger partial charge in [0.15, 0.2) is 0 Å². The maximum atomic E-state index is 12.1. The summed E-state index contributed by atoms with van der Waals surface area (Å²) in [6.07, 6.45) is -3.92. The first kappa shape index (κ1) is 14.0. The molecule has 0 saturated heterocycles. The zero-order chi connectivity index (χ0) is 12.9. The van der Waals surface area contributed by atoms with Gasteiger partial charge in [-0.1, -0.05) is 37.6 Å². The quantitative estimate of drug-likeness (QED) is 0.832. The Labute approximate surface area is 99.3 Å². The lowest BCUT2D eigenvalue weighted by atomic mass is 10.0. The fourth-order valence-corrected chi connectivity index (χ4v) is 1.62. The van der Waals surface area contributed by atoms with E-state index in [1.807, 2.05) is 0 Å². The van der Waals surface area contributed by atoms with Crippen molar-refractivity contribution < 1.29 is 18.3 Å². The topological polar surface area (TPSA) is 20.2 Å². The third kappa shape index (κ3) is 5.22. The van der Waals surface area contributed by atoms with Crippen LogP contribution in [0.1, 0.15) is 43.4 Å². The second-order valence-electron chi connectivity index (χ2n) is 4.18. The van der Waals surface area contributed by atoms with Crippen LogP contribution in [-0.2, 0) is 6.42 Å². The molecule has 0 radical (unpaired) electrons. The van der Waals surface area contributed by atoms with E-state index in [0.29, 0.717) is 5.56 Å². The van der Waals surface area contributed by atoms with Crippen molar-refractivity contribution in [2.75, 3.05) is 0 Å². The lowest BCUT2D eigenvalue weighted by Crippen LogP contribution is -2.13. The van der Waals surface area contributed by atoms with Crippen LogP contribution in [0.2, 0.25) is 0 Å². The Bertz CT molecular complexity index is 330. The molecular formula is C13H17F3O. The fraction of sp³-hybridized carbons (Fsp3) is 0.538. The third-order valence-corrected chi connectivity index (χ3v) is 2.61. The van der Waals surface area contributed by atoms with Crippen LogP contribution in [0.4, 0.5) is 13.2 Å². The smallest absolute Gasteiger partial charge is 0.388 e. The number of aryl methyl sites for hydroxylation is 1. The maximum Gasteiger partial charge on any atom is 0.391 e. The molecule has 1 N–H and O–H groups in total. The van der Waals surface area contributed by atoms with E-state index in [4.69, 9.17) is 0 Å². The van der Waals surface area contributed by atoms with Gasteiger partial charge < -0.3 is 5.11 Å². The molecular weight excluding hydrogens is 229 g/mol. The molecule has 1 aromatic rings. The van der Waals surface area contributed by atoms with Crippen molar-refractivity contribution in [2.24, 2.45) is 0 Å². The average molecular weight is 246 g/mol.